The second kappa shape index (κ2) is 11.7. The van der Waals surface area contributed by atoms with Crippen molar-refractivity contribution in [2.24, 2.45) is 0 Å². The average Bonchev–Trinajstić information content (AvgIpc) is 3.20. The Morgan fingerprint density at radius 1 is 0.520 bits per heavy atom. The van der Waals surface area contributed by atoms with Crippen LogP contribution in [0.5, 0.6) is 0 Å². The van der Waals surface area contributed by atoms with Gasteiger partial charge in [0.2, 0.25) is 0 Å². The largest absolute Gasteiger partial charge is 0.380 e. The van der Waals surface area contributed by atoms with Gasteiger partial charge in [-0.1, -0.05) is 140 Å². The highest BCUT2D eigenvalue weighted by atomic mass is 14.9. The maximum atomic E-state index is 5.41. The molecule has 3 nitrogen and oxygen atoms in total. The van der Waals surface area contributed by atoms with Crippen LogP contribution in [0, 0.1) is 0 Å². The van der Waals surface area contributed by atoms with E-state index in [0.717, 1.165) is 34.8 Å². The Kier molecular flexibility index (Phi) is 6.70. The molecule has 2 atom stereocenters. The van der Waals surface area contributed by atoms with Crippen molar-refractivity contribution in [2.45, 2.75) is 18.4 Å². The zero-order valence-corrected chi connectivity index (χ0v) is 27.4. The number of nitrogens with zero attached hydrogens (tertiary/aromatic N) is 2. The molecule has 2 unspecified atom stereocenters. The van der Waals surface area contributed by atoms with Crippen molar-refractivity contribution in [3.8, 4) is 22.5 Å². The number of benzene rings is 7. The summed E-state index contributed by atoms with van der Waals surface area (Å²) in [6.45, 7) is 0. The minimum Gasteiger partial charge on any atom is -0.380 e. The maximum Gasteiger partial charge on any atom is 0.136 e. The van der Waals surface area contributed by atoms with Gasteiger partial charge in [0.25, 0.3) is 0 Å². The maximum absolute atomic E-state index is 5.41. The van der Waals surface area contributed by atoms with E-state index in [-0.39, 0.29) is 12.0 Å². The molecular weight excluding hydrogens is 607 g/mol. The average molecular weight is 640 g/mol. The van der Waals surface area contributed by atoms with Crippen molar-refractivity contribution in [1.82, 2.24) is 15.3 Å². The number of nitrogens with one attached hydrogen (secondary N) is 1. The zero-order chi connectivity index (χ0) is 33.0. The normalized spacial score (nSPS) is 16.8. The Bertz CT molecular complexity index is 2600. The third-order valence-electron chi connectivity index (χ3n) is 10.5. The SMILES string of the molecule is C1=Cc2ccccc2C(C2=CCC(c3nc(-c4cc5ccccc5c5ccccc45)cc(-c4cc5ccccc5c5ccccc45)n3)C=C2)N1. The second-order valence-corrected chi connectivity index (χ2v) is 13.3. The van der Waals surface area contributed by atoms with Gasteiger partial charge in [-0.3, -0.25) is 0 Å². The van der Waals surface area contributed by atoms with Gasteiger partial charge in [0.05, 0.1) is 17.4 Å². The Balaban J connectivity index is 1.16. The van der Waals surface area contributed by atoms with E-state index in [0.29, 0.717) is 0 Å². The highest BCUT2D eigenvalue weighted by Gasteiger charge is 2.24. The van der Waals surface area contributed by atoms with E-state index in [1.807, 2.05) is 0 Å². The molecule has 1 aliphatic heterocycles. The molecule has 3 heteroatoms. The van der Waals surface area contributed by atoms with Crippen LogP contribution in [0.1, 0.15) is 35.3 Å². The van der Waals surface area contributed by atoms with E-state index in [4.69, 9.17) is 9.97 Å². The third-order valence-corrected chi connectivity index (χ3v) is 10.5. The van der Waals surface area contributed by atoms with Crippen LogP contribution >= 0.6 is 0 Å². The molecule has 0 fully saturated rings. The second-order valence-electron chi connectivity index (χ2n) is 13.3. The van der Waals surface area contributed by atoms with Gasteiger partial charge in [0, 0.05) is 17.0 Å². The summed E-state index contributed by atoms with van der Waals surface area (Å²) in [5, 5.41) is 13.4. The summed E-state index contributed by atoms with van der Waals surface area (Å²) in [6, 6.07) is 50.3. The predicted octanol–water partition coefficient (Wildman–Crippen LogP) is 11.7. The first-order valence-electron chi connectivity index (χ1n) is 17.4. The van der Waals surface area contributed by atoms with E-state index in [1.165, 1.54) is 59.8 Å². The number of hydrogen-bond donors (Lipinski definition) is 1. The Hall–Kier alpha value is -6.32. The van der Waals surface area contributed by atoms with E-state index < -0.39 is 0 Å². The molecule has 0 amide bonds. The number of allylic oxidation sites excluding steroid dienone is 2. The molecule has 1 aliphatic carbocycles. The van der Waals surface area contributed by atoms with Crippen LogP contribution in [0.2, 0.25) is 0 Å². The van der Waals surface area contributed by atoms with Gasteiger partial charge in [0.1, 0.15) is 5.82 Å². The summed E-state index contributed by atoms with van der Waals surface area (Å²) < 4.78 is 0. The van der Waals surface area contributed by atoms with E-state index in [2.05, 4.69) is 175 Å². The minimum absolute atomic E-state index is 0.0465. The van der Waals surface area contributed by atoms with Crippen LogP contribution < -0.4 is 5.32 Å². The van der Waals surface area contributed by atoms with Crippen LogP contribution in [0.4, 0.5) is 0 Å². The van der Waals surface area contributed by atoms with E-state index >= 15 is 0 Å². The van der Waals surface area contributed by atoms with Gasteiger partial charge >= 0.3 is 0 Å². The van der Waals surface area contributed by atoms with Gasteiger partial charge in [-0.25, -0.2) is 9.97 Å². The summed E-state index contributed by atoms with van der Waals surface area (Å²) in [7, 11) is 0. The molecule has 7 aromatic carbocycles. The van der Waals surface area contributed by atoms with Gasteiger partial charge in [0.15, 0.2) is 0 Å². The smallest absolute Gasteiger partial charge is 0.136 e. The molecule has 0 spiro atoms. The monoisotopic (exact) mass is 639 g/mol. The molecule has 10 rings (SSSR count). The highest BCUT2D eigenvalue weighted by molar-refractivity contribution is 6.15. The molecule has 2 heterocycles. The number of fused-ring (bicyclic) bond motifs is 7. The predicted molar refractivity (Wildman–Crippen MR) is 209 cm³/mol. The lowest BCUT2D eigenvalue weighted by Crippen LogP contribution is -2.22. The first-order valence-corrected chi connectivity index (χ1v) is 17.4. The fourth-order valence-corrected chi connectivity index (χ4v) is 8.01. The van der Waals surface area contributed by atoms with Crippen LogP contribution in [0.15, 0.2) is 170 Å². The lowest BCUT2D eigenvalue weighted by molar-refractivity contribution is 0.693. The molecule has 0 bridgehead atoms. The number of aromatic nitrogens is 2. The number of hydrogen-bond acceptors (Lipinski definition) is 3. The molecule has 0 saturated carbocycles. The summed E-state index contributed by atoms with van der Waals surface area (Å²) >= 11 is 0. The summed E-state index contributed by atoms with van der Waals surface area (Å²) in [6.07, 6.45) is 12.0. The van der Waals surface area contributed by atoms with Gasteiger partial charge in [-0.15, -0.1) is 0 Å². The van der Waals surface area contributed by atoms with Crippen molar-refractivity contribution in [3.63, 3.8) is 0 Å². The van der Waals surface area contributed by atoms with Crippen molar-refractivity contribution in [1.29, 1.82) is 0 Å². The highest BCUT2D eigenvalue weighted by Crippen LogP contribution is 2.40. The van der Waals surface area contributed by atoms with E-state index in [1.54, 1.807) is 0 Å². The van der Waals surface area contributed by atoms with E-state index in [9.17, 15) is 0 Å². The fraction of sp³-hybridized carbons (Fsp3) is 0.0638. The third kappa shape index (κ3) is 4.74. The molecule has 1 N–H and O–H groups in total. The molecule has 2 aliphatic rings. The van der Waals surface area contributed by atoms with Crippen LogP contribution in [-0.2, 0) is 0 Å². The lowest BCUT2D eigenvalue weighted by atomic mass is 9.87. The van der Waals surface area contributed by atoms with Crippen molar-refractivity contribution in [2.75, 3.05) is 0 Å². The standard InChI is InChI=1S/C47H33N3/c1-6-16-37-30(11-1)25-26-48-46(37)31-21-23-32(24-22-31)47-49-44(42-27-33-12-2-4-14-35(33)38-17-7-9-19-40(38)42)29-45(50-47)43-28-34-13-3-5-15-36(34)39-18-8-10-20-41(39)43/h1-23,25-29,32,46,48H,24H2. The minimum atomic E-state index is 0.0465. The molecule has 1 aromatic heterocycles. The van der Waals surface area contributed by atoms with Crippen LogP contribution in [0.3, 0.4) is 0 Å². The Labute approximate surface area is 291 Å². The summed E-state index contributed by atoms with van der Waals surface area (Å²) in [4.78, 5) is 10.8. The van der Waals surface area contributed by atoms with Crippen LogP contribution in [-0.4, -0.2) is 9.97 Å². The van der Waals surface area contributed by atoms with Gasteiger partial charge < -0.3 is 5.32 Å². The quantitative estimate of drug-likeness (QED) is 0.195. The van der Waals surface area contributed by atoms with Gasteiger partial charge in [-0.2, -0.15) is 0 Å². The van der Waals surface area contributed by atoms with Crippen molar-refractivity contribution >= 4 is 49.2 Å². The van der Waals surface area contributed by atoms with Gasteiger partial charge in [-0.05, 0) is 96.7 Å². The Morgan fingerprint density at radius 2 is 1.06 bits per heavy atom. The molecule has 236 valence electrons. The molecule has 0 saturated heterocycles. The first-order chi connectivity index (χ1) is 24.8. The van der Waals surface area contributed by atoms with Crippen LogP contribution in [0.25, 0.3) is 71.7 Å². The van der Waals surface area contributed by atoms with Crippen molar-refractivity contribution in [3.05, 3.63) is 186 Å². The zero-order valence-electron chi connectivity index (χ0n) is 27.4. The number of rotatable bonds is 4. The Morgan fingerprint density at radius 3 is 1.66 bits per heavy atom. The summed E-state index contributed by atoms with van der Waals surface area (Å²) in [5.41, 5.74) is 7.98. The molecule has 0 radical (unpaired) electrons. The van der Waals surface area contributed by atoms with Crippen molar-refractivity contribution < 1.29 is 0 Å². The topological polar surface area (TPSA) is 37.8 Å². The molecule has 50 heavy (non-hydrogen) atoms. The molecule has 8 aromatic rings. The molecular formula is C47H33N3. The lowest BCUT2D eigenvalue weighted by Gasteiger charge is -2.27. The first kappa shape index (κ1) is 28.7. The fourth-order valence-electron chi connectivity index (χ4n) is 8.01. The summed E-state index contributed by atoms with van der Waals surface area (Å²) in [5.74, 6) is 0.890.